The third kappa shape index (κ3) is 3.98. The molecule has 8 heteroatoms. The van der Waals surface area contributed by atoms with E-state index in [2.05, 4.69) is 15.2 Å². The Morgan fingerprint density at radius 2 is 2.18 bits per heavy atom. The Labute approximate surface area is 165 Å². The molecule has 0 radical (unpaired) electrons. The quantitative estimate of drug-likeness (QED) is 0.814. The summed E-state index contributed by atoms with van der Waals surface area (Å²) in [6.45, 7) is 3.91. The number of sulfone groups is 1. The molecule has 1 amide bonds. The number of aryl methyl sites for hydroxylation is 1. The molecule has 7 nitrogen and oxygen atoms in total. The molecule has 2 saturated heterocycles. The van der Waals surface area contributed by atoms with Crippen LogP contribution in [0.2, 0.25) is 0 Å². The van der Waals surface area contributed by atoms with Gasteiger partial charge in [0.1, 0.15) is 11.5 Å². The molecule has 0 aromatic carbocycles. The zero-order valence-electron chi connectivity index (χ0n) is 15.9. The van der Waals surface area contributed by atoms with E-state index in [1.807, 2.05) is 31.2 Å². The molecule has 0 unspecified atom stereocenters. The van der Waals surface area contributed by atoms with Gasteiger partial charge >= 0.3 is 0 Å². The lowest BCUT2D eigenvalue weighted by molar-refractivity contribution is -0.126. The Kier molecular flexibility index (Phi) is 5.25. The second-order valence-corrected chi connectivity index (χ2v) is 10.1. The number of likely N-dealkylation sites (tertiary alicyclic amines) is 1. The fourth-order valence-electron chi connectivity index (χ4n) is 4.37. The summed E-state index contributed by atoms with van der Waals surface area (Å²) >= 11 is 0. The van der Waals surface area contributed by atoms with Gasteiger partial charge in [0, 0.05) is 43.9 Å². The Balaban J connectivity index is 1.44. The highest BCUT2D eigenvalue weighted by Crippen LogP contribution is 2.37. The van der Waals surface area contributed by atoms with Gasteiger partial charge in [-0.1, -0.05) is 6.07 Å². The molecule has 0 bridgehead atoms. The maximum Gasteiger partial charge on any atom is 0.223 e. The first-order valence-electron chi connectivity index (χ1n) is 9.58. The maximum atomic E-state index is 12.8. The topological polar surface area (TPSA) is 92.5 Å². The van der Waals surface area contributed by atoms with Gasteiger partial charge in [-0.2, -0.15) is 0 Å². The molecule has 2 aliphatic rings. The smallest absolute Gasteiger partial charge is 0.223 e. The number of rotatable bonds is 5. The molecule has 0 spiro atoms. The van der Waals surface area contributed by atoms with Gasteiger partial charge in [0.05, 0.1) is 17.5 Å². The molecule has 1 N–H and O–H groups in total. The van der Waals surface area contributed by atoms with Crippen molar-refractivity contribution in [3.8, 4) is 0 Å². The second kappa shape index (κ2) is 7.67. The van der Waals surface area contributed by atoms with E-state index < -0.39 is 15.1 Å². The molecule has 28 heavy (non-hydrogen) atoms. The number of carbonyl (C=O) groups excluding carboxylic acids is 1. The zero-order valence-corrected chi connectivity index (χ0v) is 16.7. The minimum absolute atomic E-state index is 0.0653. The summed E-state index contributed by atoms with van der Waals surface area (Å²) in [7, 11) is -3.18. The van der Waals surface area contributed by atoms with Crippen LogP contribution in [0, 0.1) is 18.8 Å². The van der Waals surface area contributed by atoms with Crippen LogP contribution >= 0.6 is 0 Å². The van der Waals surface area contributed by atoms with Crippen LogP contribution in [0.4, 0.5) is 0 Å². The standard InChI is InChI=1S/C20H25N3O4S/c1-14-4-5-16(27-14)11-23-12-18-17(6-8-28(25,26)19(18)13-23)20(24)22-10-15-3-2-7-21-9-15/h2-5,7,9,17-19H,6,8,10-13H2,1H3,(H,22,24)/t17-,18-,19-/m1/s1. The molecule has 2 aromatic heterocycles. The minimum atomic E-state index is -3.18. The molecule has 4 heterocycles. The van der Waals surface area contributed by atoms with Crippen LogP contribution in [-0.4, -0.2) is 48.3 Å². The molecule has 0 saturated carbocycles. The number of hydrogen-bond donors (Lipinski definition) is 1. The number of fused-ring (bicyclic) bond motifs is 1. The van der Waals surface area contributed by atoms with Gasteiger partial charge in [-0.15, -0.1) is 0 Å². The van der Waals surface area contributed by atoms with E-state index in [1.54, 1.807) is 12.4 Å². The summed E-state index contributed by atoms with van der Waals surface area (Å²) in [5.41, 5.74) is 0.928. The lowest BCUT2D eigenvalue weighted by atomic mass is 9.87. The molecular formula is C20H25N3O4S. The molecule has 2 fully saturated rings. The lowest BCUT2D eigenvalue weighted by Crippen LogP contribution is -2.47. The van der Waals surface area contributed by atoms with Crippen molar-refractivity contribution in [2.24, 2.45) is 11.8 Å². The maximum absolute atomic E-state index is 12.8. The summed E-state index contributed by atoms with van der Waals surface area (Å²) < 4.78 is 30.9. The van der Waals surface area contributed by atoms with E-state index in [0.29, 0.717) is 32.6 Å². The molecular weight excluding hydrogens is 378 g/mol. The first-order chi connectivity index (χ1) is 13.4. The fraction of sp³-hybridized carbons (Fsp3) is 0.500. The number of amides is 1. The van der Waals surface area contributed by atoms with E-state index in [9.17, 15) is 13.2 Å². The van der Waals surface area contributed by atoms with Crippen molar-refractivity contribution in [1.82, 2.24) is 15.2 Å². The summed E-state index contributed by atoms with van der Waals surface area (Å²) in [6, 6.07) is 7.56. The Hall–Kier alpha value is -2.19. The highest BCUT2D eigenvalue weighted by atomic mass is 32.2. The largest absolute Gasteiger partial charge is 0.465 e. The Morgan fingerprint density at radius 3 is 2.89 bits per heavy atom. The molecule has 150 valence electrons. The van der Waals surface area contributed by atoms with E-state index in [1.165, 1.54) is 0 Å². The number of aromatic nitrogens is 1. The van der Waals surface area contributed by atoms with Crippen LogP contribution in [-0.2, 0) is 27.7 Å². The number of nitrogens with one attached hydrogen (secondary N) is 1. The molecule has 3 atom stereocenters. The highest BCUT2D eigenvalue weighted by Gasteiger charge is 2.50. The average molecular weight is 404 g/mol. The van der Waals surface area contributed by atoms with Crippen molar-refractivity contribution in [1.29, 1.82) is 0 Å². The first-order valence-corrected chi connectivity index (χ1v) is 11.3. The SMILES string of the molecule is Cc1ccc(CN2C[C@H]3[C@@H](C2)S(=O)(=O)CC[C@H]3C(=O)NCc2cccnc2)o1. The minimum Gasteiger partial charge on any atom is -0.465 e. The van der Waals surface area contributed by atoms with Crippen LogP contribution in [0.15, 0.2) is 41.1 Å². The number of pyridine rings is 1. The number of carbonyl (C=O) groups is 1. The Morgan fingerprint density at radius 1 is 1.32 bits per heavy atom. The van der Waals surface area contributed by atoms with Crippen molar-refractivity contribution >= 4 is 15.7 Å². The van der Waals surface area contributed by atoms with Crippen molar-refractivity contribution in [3.63, 3.8) is 0 Å². The molecule has 2 aliphatic heterocycles. The fourth-order valence-corrected chi connectivity index (χ4v) is 6.50. The van der Waals surface area contributed by atoms with Gasteiger partial charge in [0.2, 0.25) is 5.91 Å². The van der Waals surface area contributed by atoms with Gasteiger partial charge in [-0.05, 0) is 37.1 Å². The predicted octanol–water partition coefficient (Wildman–Crippen LogP) is 1.53. The second-order valence-electron chi connectivity index (χ2n) is 7.75. The van der Waals surface area contributed by atoms with E-state index in [0.717, 1.165) is 17.1 Å². The van der Waals surface area contributed by atoms with Crippen molar-refractivity contribution in [2.45, 2.75) is 31.7 Å². The number of hydrogen-bond acceptors (Lipinski definition) is 6. The van der Waals surface area contributed by atoms with Gasteiger partial charge in [-0.3, -0.25) is 14.7 Å². The number of nitrogens with zero attached hydrogens (tertiary/aromatic N) is 2. The van der Waals surface area contributed by atoms with Crippen LogP contribution in [0.25, 0.3) is 0 Å². The number of furan rings is 1. The molecule has 0 aliphatic carbocycles. The van der Waals surface area contributed by atoms with Gasteiger partial charge < -0.3 is 9.73 Å². The van der Waals surface area contributed by atoms with Crippen LogP contribution in [0.3, 0.4) is 0 Å². The van der Waals surface area contributed by atoms with E-state index in [4.69, 9.17) is 4.42 Å². The summed E-state index contributed by atoms with van der Waals surface area (Å²) in [5.74, 6) is 1.21. The Bertz CT molecular complexity index is 941. The normalized spacial score (nSPS) is 26.7. The van der Waals surface area contributed by atoms with Crippen molar-refractivity contribution < 1.29 is 17.6 Å². The van der Waals surface area contributed by atoms with Crippen molar-refractivity contribution in [2.75, 3.05) is 18.8 Å². The lowest BCUT2D eigenvalue weighted by Gasteiger charge is -2.31. The third-order valence-corrected chi connectivity index (χ3v) is 8.00. The average Bonchev–Trinajstić information content (AvgIpc) is 3.28. The van der Waals surface area contributed by atoms with Crippen LogP contribution in [0.1, 0.15) is 23.5 Å². The van der Waals surface area contributed by atoms with Gasteiger partial charge in [0.25, 0.3) is 0 Å². The zero-order chi connectivity index (χ0) is 19.7. The third-order valence-electron chi connectivity index (χ3n) is 5.78. The molecule has 2 aromatic rings. The first kappa shape index (κ1) is 19.1. The van der Waals surface area contributed by atoms with E-state index >= 15 is 0 Å². The highest BCUT2D eigenvalue weighted by molar-refractivity contribution is 7.92. The summed E-state index contributed by atoms with van der Waals surface area (Å²) in [6.07, 6.45) is 3.79. The predicted molar refractivity (Wildman–Crippen MR) is 104 cm³/mol. The van der Waals surface area contributed by atoms with Crippen LogP contribution in [0.5, 0.6) is 0 Å². The monoisotopic (exact) mass is 403 g/mol. The van der Waals surface area contributed by atoms with E-state index in [-0.39, 0.29) is 23.5 Å². The van der Waals surface area contributed by atoms with Gasteiger partial charge in [-0.25, -0.2) is 8.42 Å². The molecule has 4 rings (SSSR count). The summed E-state index contributed by atoms with van der Waals surface area (Å²) in [4.78, 5) is 19.0. The summed E-state index contributed by atoms with van der Waals surface area (Å²) in [5, 5.41) is 2.49. The van der Waals surface area contributed by atoms with Crippen LogP contribution < -0.4 is 5.32 Å². The van der Waals surface area contributed by atoms with Crippen molar-refractivity contribution in [3.05, 3.63) is 53.7 Å². The van der Waals surface area contributed by atoms with Gasteiger partial charge in [0.15, 0.2) is 9.84 Å².